The average molecular weight is 639 g/mol. The van der Waals surface area contributed by atoms with E-state index in [1.54, 1.807) is 0 Å². The van der Waals surface area contributed by atoms with Gasteiger partial charge in [0.05, 0.1) is 27.9 Å². The smallest absolute Gasteiger partial charge is 0.160 e. The fourth-order valence-corrected chi connectivity index (χ4v) is 7.42. The number of hydrogen-bond donors (Lipinski definition) is 0. The molecule has 234 valence electrons. The summed E-state index contributed by atoms with van der Waals surface area (Å²) in [6.07, 6.45) is 2.19. The van der Waals surface area contributed by atoms with Crippen LogP contribution in [-0.4, -0.2) is 19.1 Å². The lowest BCUT2D eigenvalue weighted by Crippen LogP contribution is -1.97. The van der Waals surface area contributed by atoms with Crippen LogP contribution < -0.4 is 0 Å². The van der Waals surface area contributed by atoms with Crippen LogP contribution in [0.5, 0.6) is 0 Å². The van der Waals surface area contributed by atoms with Gasteiger partial charge in [0.25, 0.3) is 0 Å². The van der Waals surface area contributed by atoms with Crippen molar-refractivity contribution >= 4 is 43.5 Å². The van der Waals surface area contributed by atoms with Gasteiger partial charge in [-0.2, -0.15) is 0 Å². The van der Waals surface area contributed by atoms with E-state index in [0.29, 0.717) is 5.82 Å². The van der Waals surface area contributed by atoms with Crippen molar-refractivity contribution in [2.75, 3.05) is 0 Å². The lowest BCUT2D eigenvalue weighted by atomic mass is 10.0. The number of hydrogen-bond acceptors (Lipinski definition) is 2. The van der Waals surface area contributed by atoms with Crippen LogP contribution in [0.1, 0.15) is 0 Å². The van der Waals surface area contributed by atoms with Crippen LogP contribution in [0.3, 0.4) is 0 Å². The van der Waals surface area contributed by atoms with Gasteiger partial charge in [-0.05, 0) is 53.9 Å². The number of fused-ring (bicyclic) bond motifs is 7. The molecule has 7 aromatic carbocycles. The van der Waals surface area contributed by atoms with Gasteiger partial charge < -0.3 is 9.13 Å². The molecule has 10 aromatic rings. The Morgan fingerprint density at radius 2 is 1.02 bits per heavy atom. The second kappa shape index (κ2) is 11.4. The van der Waals surface area contributed by atoms with Gasteiger partial charge in [0, 0.05) is 55.8 Å². The molecule has 50 heavy (non-hydrogen) atoms. The Balaban J connectivity index is 1.17. The predicted octanol–water partition coefficient (Wildman–Crippen LogP) is 11.7. The molecule has 0 amide bonds. The van der Waals surface area contributed by atoms with Crippen molar-refractivity contribution in [2.24, 2.45) is 0 Å². The maximum absolute atomic E-state index is 5.07. The lowest BCUT2D eigenvalue weighted by molar-refractivity contribution is 1.13. The minimum atomic E-state index is 0.714. The van der Waals surface area contributed by atoms with Crippen molar-refractivity contribution in [3.8, 4) is 45.3 Å². The largest absolute Gasteiger partial charge is 0.317 e. The molecular weight excluding hydrogens is 609 g/mol. The van der Waals surface area contributed by atoms with Gasteiger partial charge in [-0.3, -0.25) is 0 Å². The van der Waals surface area contributed by atoms with Gasteiger partial charge in [0.2, 0.25) is 0 Å². The quantitative estimate of drug-likeness (QED) is 0.188. The molecule has 0 radical (unpaired) electrons. The maximum Gasteiger partial charge on any atom is 0.160 e. The van der Waals surface area contributed by atoms with Crippen LogP contribution in [0.4, 0.5) is 0 Å². The van der Waals surface area contributed by atoms with E-state index in [4.69, 9.17) is 9.97 Å². The van der Waals surface area contributed by atoms with E-state index in [2.05, 4.69) is 155 Å². The first kappa shape index (κ1) is 28.3. The summed E-state index contributed by atoms with van der Waals surface area (Å²) >= 11 is 0. The van der Waals surface area contributed by atoms with Gasteiger partial charge in [-0.15, -0.1) is 0 Å². The number of para-hydroxylation sites is 2. The first-order valence-electron chi connectivity index (χ1n) is 16.9. The standard InChI is InChI=1S/C46H30N4/c1-4-12-31(13-5-1)40-30-41(48-46(47-40)34-14-6-2-7-15-34)32-20-24-36(25-21-32)50-43-19-11-10-18-37(43)38-26-22-33-23-27-42-39(44(33)45(38)50)28-29-49(42)35-16-8-3-9-17-35/h1-30H. The molecule has 0 fully saturated rings. The molecule has 0 aliphatic heterocycles. The molecule has 4 heteroatoms. The molecule has 0 N–H and O–H groups in total. The zero-order valence-corrected chi connectivity index (χ0v) is 27.1. The summed E-state index contributed by atoms with van der Waals surface area (Å²) < 4.78 is 4.71. The average Bonchev–Trinajstić information content (AvgIpc) is 3.79. The third-order valence-corrected chi connectivity index (χ3v) is 9.77. The van der Waals surface area contributed by atoms with Crippen molar-refractivity contribution in [1.29, 1.82) is 0 Å². The van der Waals surface area contributed by atoms with Crippen molar-refractivity contribution < 1.29 is 0 Å². The van der Waals surface area contributed by atoms with Gasteiger partial charge in [0.1, 0.15) is 0 Å². The third kappa shape index (κ3) is 4.54. The zero-order chi connectivity index (χ0) is 33.0. The second-order valence-corrected chi connectivity index (χ2v) is 12.7. The topological polar surface area (TPSA) is 35.6 Å². The molecule has 0 aliphatic rings. The van der Waals surface area contributed by atoms with Crippen molar-refractivity contribution in [3.05, 3.63) is 182 Å². The normalized spacial score (nSPS) is 11.6. The Morgan fingerprint density at radius 1 is 0.400 bits per heavy atom. The van der Waals surface area contributed by atoms with E-state index < -0.39 is 0 Å². The molecule has 0 bridgehead atoms. The second-order valence-electron chi connectivity index (χ2n) is 12.7. The molecular formula is C46H30N4. The Hall–Kier alpha value is -6.78. The molecule has 0 atom stereocenters. The number of nitrogens with zero attached hydrogens (tertiary/aromatic N) is 4. The number of rotatable bonds is 5. The monoisotopic (exact) mass is 638 g/mol. The molecule has 4 nitrogen and oxygen atoms in total. The van der Waals surface area contributed by atoms with Gasteiger partial charge >= 0.3 is 0 Å². The van der Waals surface area contributed by atoms with E-state index in [1.165, 1.54) is 43.5 Å². The highest BCUT2D eigenvalue weighted by Crippen LogP contribution is 2.40. The lowest BCUT2D eigenvalue weighted by Gasteiger charge is -2.13. The van der Waals surface area contributed by atoms with Crippen molar-refractivity contribution in [2.45, 2.75) is 0 Å². The first-order chi connectivity index (χ1) is 24.8. The zero-order valence-electron chi connectivity index (χ0n) is 27.1. The molecule has 0 unspecified atom stereocenters. The molecule has 0 saturated heterocycles. The minimum absolute atomic E-state index is 0.714. The molecule has 0 aliphatic carbocycles. The third-order valence-electron chi connectivity index (χ3n) is 9.77. The highest BCUT2D eigenvalue weighted by Gasteiger charge is 2.18. The van der Waals surface area contributed by atoms with Gasteiger partial charge in [0.15, 0.2) is 5.82 Å². The molecule has 0 saturated carbocycles. The molecule has 0 spiro atoms. The molecule has 10 rings (SSSR count). The highest BCUT2D eigenvalue weighted by atomic mass is 15.0. The fraction of sp³-hybridized carbons (Fsp3) is 0. The van der Waals surface area contributed by atoms with Crippen LogP contribution in [0, 0.1) is 0 Å². The number of benzene rings is 7. The fourth-order valence-electron chi connectivity index (χ4n) is 7.42. The van der Waals surface area contributed by atoms with Gasteiger partial charge in [-0.25, -0.2) is 9.97 Å². The van der Waals surface area contributed by atoms with Gasteiger partial charge in [-0.1, -0.05) is 127 Å². The predicted molar refractivity (Wildman–Crippen MR) is 207 cm³/mol. The summed E-state index contributed by atoms with van der Waals surface area (Å²) in [5, 5.41) is 6.20. The summed E-state index contributed by atoms with van der Waals surface area (Å²) in [5.41, 5.74) is 10.7. The number of aromatic nitrogens is 4. The molecule has 3 aromatic heterocycles. The summed E-state index contributed by atoms with van der Waals surface area (Å²) in [7, 11) is 0. The van der Waals surface area contributed by atoms with E-state index in [-0.39, 0.29) is 0 Å². The Bertz CT molecular complexity index is 2770. The maximum atomic E-state index is 5.07. The van der Waals surface area contributed by atoms with Crippen LogP contribution in [-0.2, 0) is 0 Å². The Kier molecular flexibility index (Phi) is 6.46. The first-order valence-corrected chi connectivity index (χ1v) is 16.9. The van der Waals surface area contributed by atoms with Crippen LogP contribution in [0.15, 0.2) is 182 Å². The SMILES string of the molecule is c1ccc(-c2cc(-c3ccc(-n4c5ccccc5c5ccc6ccc7c(ccn7-c7ccccc7)c6c54)cc3)nc(-c3ccccc3)n2)cc1. The van der Waals surface area contributed by atoms with Crippen molar-refractivity contribution in [1.82, 2.24) is 19.1 Å². The molecule has 3 heterocycles. The Labute approximate surface area is 289 Å². The summed E-state index contributed by atoms with van der Waals surface area (Å²) in [4.78, 5) is 10.1. The van der Waals surface area contributed by atoms with E-state index >= 15 is 0 Å². The van der Waals surface area contributed by atoms with E-state index in [1.807, 2.05) is 36.4 Å². The van der Waals surface area contributed by atoms with E-state index in [0.717, 1.165) is 39.5 Å². The summed E-state index contributed by atoms with van der Waals surface area (Å²) in [6, 6.07) is 62.1. The van der Waals surface area contributed by atoms with Crippen LogP contribution in [0.2, 0.25) is 0 Å². The summed E-state index contributed by atoms with van der Waals surface area (Å²) in [5.74, 6) is 0.714. The Morgan fingerprint density at radius 3 is 1.76 bits per heavy atom. The minimum Gasteiger partial charge on any atom is -0.317 e. The van der Waals surface area contributed by atoms with Crippen LogP contribution >= 0.6 is 0 Å². The highest BCUT2D eigenvalue weighted by molar-refractivity contribution is 6.25. The van der Waals surface area contributed by atoms with Crippen LogP contribution in [0.25, 0.3) is 88.8 Å². The van der Waals surface area contributed by atoms with E-state index in [9.17, 15) is 0 Å². The van der Waals surface area contributed by atoms with Crippen molar-refractivity contribution in [3.63, 3.8) is 0 Å². The summed E-state index contributed by atoms with van der Waals surface area (Å²) in [6.45, 7) is 0.